The number of imidazole rings is 1. The quantitative estimate of drug-likeness (QED) is 0.563. The molecule has 0 saturated carbocycles. The Morgan fingerprint density at radius 1 is 1.35 bits per heavy atom. The van der Waals surface area contributed by atoms with E-state index in [1.165, 1.54) is 13.3 Å². The first-order chi connectivity index (χ1) is 8.15. The molecule has 0 bridgehead atoms. The molecule has 1 aromatic carbocycles. The average molecular weight is 240 g/mol. The maximum absolute atomic E-state index is 13.7. The fourth-order valence-corrected chi connectivity index (χ4v) is 1.42. The number of nitrogen functional groups attached to an aromatic ring is 1. The summed E-state index contributed by atoms with van der Waals surface area (Å²) in [4.78, 5) is 6.50. The van der Waals surface area contributed by atoms with E-state index in [-0.39, 0.29) is 17.3 Å². The van der Waals surface area contributed by atoms with Crippen molar-refractivity contribution in [2.24, 2.45) is 5.84 Å². The second kappa shape index (κ2) is 4.38. The van der Waals surface area contributed by atoms with E-state index >= 15 is 0 Å². The Balaban J connectivity index is 2.48. The van der Waals surface area contributed by atoms with Gasteiger partial charge in [-0.3, -0.25) is 5.43 Å². The highest BCUT2D eigenvalue weighted by molar-refractivity contribution is 5.62. The van der Waals surface area contributed by atoms with Gasteiger partial charge in [0.1, 0.15) is 5.82 Å². The minimum Gasteiger partial charge on any atom is -0.494 e. The minimum atomic E-state index is -0.652. The third kappa shape index (κ3) is 2.04. The Hall–Kier alpha value is -2.15. The van der Waals surface area contributed by atoms with Gasteiger partial charge in [-0.2, -0.15) is 0 Å². The Morgan fingerprint density at radius 2 is 2.12 bits per heavy atom. The van der Waals surface area contributed by atoms with Gasteiger partial charge in [0.15, 0.2) is 11.6 Å². The van der Waals surface area contributed by atoms with Gasteiger partial charge in [-0.15, -0.1) is 0 Å². The van der Waals surface area contributed by atoms with Gasteiger partial charge >= 0.3 is 0 Å². The van der Waals surface area contributed by atoms with E-state index < -0.39 is 11.6 Å². The zero-order chi connectivity index (χ0) is 12.4. The maximum atomic E-state index is 13.7. The summed E-state index contributed by atoms with van der Waals surface area (Å²) in [6.45, 7) is 0. The number of aromatic nitrogens is 2. The second-order valence-corrected chi connectivity index (χ2v) is 3.26. The van der Waals surface area contributed by atoms with Crippen molar-refractivity contribution < 1.29 is 13.5 Å². The summed E-state index contributed by atoms with van der Waals surface area (Å²) in [6, 6.07) is 2.00. The Labute approximate surface area is 95.6 Å². The largest absolute Gasteiger partial charge is 0.494 e. The van der Waals surface area contributed by atoms with E-state index in [0.29, 0.717) is 5.69 Å². The molecule has 0 atom stereocenters. The van der Waals surface area contributed by atoms with Crippen LogP contribution in [0, 0.1) is 11.6 Å². The molecule has 0 unspecified atom stereocenters. The summed E-state index contributed by atoms with van der Waals surface area (Å²) < 4.78 is 31.8. The molecule has 1 heterocycles. The number of methoxy groups -OCH3 is 1. The summed E-state index contributed by atoms with van der Waals surface area (Å²) in [5.74, 6) is 3.97. The van der Waals surface area contributed by atoms with Crippen molar-refractivity contribution in [1.82, 2.24) is 9.97 Å². The molecule has 7 heteroatoms. The van der Waals surface area contributed by atoms with Gasteiger partial charge in [0, 0.05) is 11.6 Å². The van der Waals surface area contributed by atoms with Crippen molar-refractivity contribution in [3.63, 3.8) is 0 Å². The van der Waals surface area contributed by atoms with E-state index in [4.69, 9.17) is 5.84 Å². The van der Waals surface area contributed by atoms with E-state index in [0.717, 1.165) is 12.1 Å². The number of anilines is 1. The zero-order valence-electron chi connectivity index (χ0n) is 8.92. The SMILES string of the molecule is COc1cc(F)c(-c2cnc(NN)[nH]2)cc1F. The monoisotopic (exact) mass is 240 g/mol. The molecule has 0 aliphatic rings. The van der Waals surface area contributed by atoms with Gasteiger partial charge in [-0.25, -0.2) is 19.6 Å². The standard InChI is InChI=1S/C10H10F2N4O/c1-17-9-3-6(11)5(2-7(9)12)8-4-14-10(15-8)16-13/h2-4H,13H2,1H3,(H2,14,15,16). The Bertz CT molecular complexity index is 541. The van der Waals surface area contributed by atoms with Crippen molar-refractivity contribution in [2.45, 2.75) is 0 Å². The number of nitrogens with two attached hydrogens (primary N) is 1. The van der Waals surface area contributed by atoms with Crippen LogP contribution in [0.3, 0.4) is 0 Å². The predicted molar refractivity (Wildman–Crippen MR) is 58.3 cm³/mol. The van der Waals surface area contributed by atoms with Crippen molar-refractivity contribution in [3.8, 4) is 17.0 Å². The van der Waals surface area contributed by atoms with Crippen LogP contribution < -0.4 is 16.0 Å². The first-order valence-corrected chi connectivity index (χ1v) is 4.70. The third-order valence-electron chi connectivity index (χ3n) is 2.24. The highest BCUT2D eigenvalue weighted by Crippen LogP contribution is 2.28. The van der Waals surface area contributed by atoms with Crippen molar-refractivity contribution >= 4 is 5.95 Å². The third-order valence-corrected chi connectivity index (χ3v) is 2.24. The molecule has 0 radical (unpaired) electrons. The van der Waals surface area contributed by atoms with Crippen LogP contribution in [0.25, 0.3) is 11.3 Å². The van der Waals surface area contributed by atoms with Crippen LogP contribution in [-0.4, -0.2) is 17.1 Å². The molecular formula is C10H10F2N4O. The van der Waals surface area contributed by atoms with Gasteiger partial charge in [-0.1, -0.05) is 0 Å². The number of ether oxygens (including phenoxy) is 1. The van der Waals surface area contributed by atoms with Gasteiger partial charge in [-0.05, 0) is 6.07 Å². The summed E-state index contributed by atoms with van der Waals surface area (Å²) >= 11 is 0. The van der Waals surface area contributed by atoms with E-state index in [2.05, 4.69) is 20.1 Å². The number of benzene rings is 1. The van der Waals surface area contributed by atoms with Gasteiger partial charge in [0.2, 0.25) is 5.95 Å². The molecule has 90 valence electrons. The summed E-state index contributed by atoms with van der Waals surface area (Å²) in [5, 5.41) is 0. The first kappa shape index (κ1) is 11.3. The Morgan fingerprint density at radius 3 is 2.71 bits per heavy atom. The number of hydrogen-bond donors (Lipinski definition) is 3. The van der Waals surface area contributed by atoms with E-state index in [1.54, 1.807) is 0 Å². The normalized spacial score (nSPS) is 10.4. The van der Waals surface area contributed by atoms with Crippen molar-refractivity contribution in [3.05, 3.63) is 30.0 Å². The van der Waals surface area contributed by atoms with Crippen LogP contribution in [0.1, 0.15) is 0 Å². The van der Waals surface area contributed by atoms with Crippen LogP contribution in [0.5, 0.6) is 5.75 Å². The fraction of sp³-hybridized carbons (Fsp3) is 0.100. The zero-order valence-corrected chi connectivity index (χ0v) is 8.92. The molecule has 0 spiro atoms. The van der Waals surface area contributed by atoms with Crippen LogP contribution in [0.15, 0.2) is 18.3 Å². The first-order valence-electron chi connectivity index (χ1n) is 4.70. The highest BCUT2D eigenvalue weighted by atomic mass is 19.1. The Kier molecular flexibility index (Phi) is 2.92. The molecule has 0 aliphatic heterocycles. The lowest BCUT2D eigenvalue weighted by molar-refractivity contribution is 0.383. The average Bonchev–Trinajstić information content (AvgIpc) is 2.80. The molecule has 0 aliphatic carbocycles. The number of halogens is 2. The number of nitrogens with one attached hydrogen (secondary N) is 2. The van der Waals surface area contributed by atoms with Gasteiger partial charge in [0.05, 0.1) is 19.0 Å². The number of rotatable bonds is 3. The molecule has 0 saturated heterocycles. The number of hydrogen-bond acceptors (Lipinski definition) is 4. The minimum absolute atomic E-state index is 0.0531. The number of nitrogens with zero attached hydrogens (tertiary/aromatic N) is 1. The van der Waals surface area contributed by atoms with E-state index in [9.17, 15) is 8.78 Å². The summed E-state index contributed by atoms with van der Waals surface area (Å²) in [7, 11) is 1.27. The molecular weight excluding hydrogens is 230 g/mol. The number of hydrazine groups is 1. The van der Waals surface area contributed by atoms with Crippen LogP contribution in [-0.2, 0) is 0 Å². The second-order valence-electron chi connectivity index (χ2n) is 3.26. The lowest BCUT2D eigenvalue weighted by atomic mass is 10.1. The van der Waals surface area contributed by atoms with Crippen LogP contribution in [0.2, 0.25) is 0 Å². The number of aromatic amines is 1. The smallest absolute Gasteiger partial charge is 0.215 e. The molecule has 0 fully saturated rings. The van der Waals surface area contributed by atoms with Gasteiger partial charge < -0.3 is 9.72 Å². The maximum Gasteiger partial charge on any atom is 0.215 e. The molecule has 1 aromatic heterocycles. The summed E-state index contributed by atoms with van der Waals surface area (Å²) in [5.41, 5.74) is 2.64. The molecule has 0 amide bonds. The molecule has 17 heavy (non-hydrogen) atoms. The van der Waals surface area contributed by atoms with Crippen molar-refractivity contribution in [1.29, 1.82) is 0 Å². The van der Waals surface area contributed by atoms with Gasteiger partial charge in [0.25, 0.3) is 0 Å². The molecule has 5 nitrogen and oxygen atoms in total. The van der Waals surface area contributed by atoms with Crippen molar-refractivity contribution in [2.75, 3.05) is 12.5 Å². The topological polar surface area (TPSA) is 76.0 Å². The lowest BCUT2D eigenvalue weighted by Crippen LogP contribution is -2.07. The molecule has 2 rings (SSSR count). The van der Waals surface area contributed by atoms with Crippen LogP contribution in [0.4, 0.5) is 14.7 Å². The number of H-pyrrole nitrogens is 1. The lowest BCUT2D eigenvalue weighted by Gasteiger charge is -2.05. The summed E-state index contributed by atoms with van der Waals surface area (Å²) in [6.07, 6.45) is 1.35. The fourth-order valence-electron chi connectivity index (χ4n) is 1.42. The van der Waals surface area contributed by atoms with Crippen LogP contribution >= 0.6 is 0 Å². The molecule has 4 N–H and O–H groups in total. The highest BCUT2D eigenvalue weighted by Gasteiger charge is 2.13. The van der Waals surface area contributed by atoms with E-state index in [1.807, 2.05) is 0 Å². The molecule has 2 aromatic rings. The predicted octanol–water partition coefficient (Wildman–Crippen LogP) is 1.65.